The molecular weight excluding hydrogens is 237 g/mol. The van der Waals surface area contributed by atoms with Gasteiger partial charge in [0, 0.05) is 24.2 Å². The van der Waals surface area contributed by atoms with E-state index in [1.54, 1.807) is 0 Å². The quantitative estimate of drug-likeness (QED) is 0.896. The summed E-state index contributed by atoms with van der Waals surface area (Å²) in [6.45, 7) is 0.421. The van der Waals surface area contributed by atoms with Gasteiger partial charge in [-0.05, 0) is 23.1 Å². The van der Waals surface area contributed by atoms with Crippen LogP contribution >= 0.6 is 23.7 Å². The van der Waals surface area contributed by atoms with Crippen LogP contribution in [0.2, 0.25) is 0 Å². The van der Waals surface area contributed by atoms with E-state index in [1.807, 2.05) is 24.4 Å². The maximum atomic E-state index is 5.39. The molecule has 1 aromatic heterocycles. The highest BCUT2D eigenvalue weighted by Crippen LogP contribution is 2.26. The van der Waals surface area contributed by atoms with Gasteiger partial charge < -0.3 is 9.27 Å². The van der Waals surface area contributed by atoms with Crippen molar-refractivity contribution in [3.63, 3.8) is 0 Å². The van der Waals surface area contributed by atoms with Gasteiger partial charge in [0.15, 0.2) is 5.75 Å². The predicted molar refractivity (Wildman–Crippen MR) is 60.3 cm³/mol. The molecule has 0 aliphatic carbocycles. The Morgan fingerprint density at radius 2 is 2.13 bits per heavy atom. The molecule has 2 rings (SSSR count). The van der Waals surface area contributed by atoms with E-state index in [0.29, 0.717) is 18.8 Å². The van der Waals surface area contributed by atoms with E-state index >= 15 is 0 Å². The Bertz CT molecular complexity index is 456. The Hall–Kier alpha value is -0.900. The maximum Gasteiger partial charge on any atom is 0.151 e. The highest BCUT2D eigenvalue weighted by molar-refractivity contribution is 6.09. The molecule has 0 fully saturated rings. The van der Waals surface area contributed by atoms with Crippen LogP contribution in [-0.4, -0.2) is 11.6 Å². The smallest absolute Gasteiger partial charge is 0.151 e. The summed E-state index contributed by atoms with van der Waals surface area (Å²) < 4.78 is 9.28. The molecule has 0 radical (unpaired) electrons. The van der Waals surface area contributed by atoms with E-state index in [9.17, 15) is 0 Å². The molecule has 0 aliphatic rings. The van der Waals surface area contributed by atoms with Gasteiger partial charge in [-0.25, -0.2) is 0 Å². The predicted octanol–water partition coefficient (Wildman–Crippen LogP) is 3.41. The monoisotopic (exact) mass is 245 g/mol. The summed E-state index contributed by atoms with van der Waals surface area (Å²) in [7, 11) is 0. The number of halogens is 2. The van der Waals surface area contributed by atoms with Crippen molar-refractivity contribution in [2.45, 2.75) is 6.42 Å². The van der Waals surface area contributed by atoms with Gasteiger partial charge in [0.25, 0.3) is 0 Å². The van der Waals surface area contributed by atoms with Gasteiger partial charge in [0.1, 0.15) is 11.9 Å². The number of aromatic amines is 1. The molecule has 15 heavy (non-hydrogen) atoms. The zero-order chi connectivity index (χ0) is 10.7. The molecule has 1 aromatic carbocycles. The number of hydrogen-bond acceptors (Lipinski definition) is 2. The average molecular weight is 246 g/mol. The first kappa shape index (κ1) is 10.6. The van der Waals surface area contributed by atoms with Gasteiger partial charge in [0.2, 0.25) is 0 Å². The summed E-state index contributed by atoms with van der Waals surface area (Å²) in [5.41, 5.74) is 1.96. The van der Waals surface area contributed by atoms with Crippen molar-refractivity contribution in [1.29, 1.82) is 0 Å². The Morgan fingerprint density at radius 1 is 1.27 bits per heavy atom. The first-order valence-electron chi connectivity index (χ1n) is 4.47. The van der Waals surface area contributed by atoms with Crippen molar-refractivity contribution in [1.82, 2.24) is 4.98 Å². The van der Waals surface area contributed by atoms with Gasteiger partial charge in [-0.3, -0.25) is 4.29 Å². The number of aromatic nitrogens is 1. The average Bonchev–Trinajstić information content (AvgIpc) is 2.71. The van der Waals surface area contributed by atoms with E-state index in [0.717, 1.165) is 16.5 Å². The lowest BCUT2D eigenvalue weighted by Gasteiger charge is -2.05. The van der Waals surface area contributed by atoms with Crippen LogP contribution in [-0.2, 0) is 10.7 Å². The Morgan fingerprint density at radius 3 is 2.87 bits per heavy atom. The Balaban J connectivity index is 2.40. The topological polar surface area (TPSA) is 34.2 Å². The minimum absolute atomic E-state index is 0.421. The molecule has 0 aliphatic heterocycles. The molecule has 1 N–H and O–H groups in total. The molecule has 0 atom stereocenters. The lowest BCUT2D eigenvalue weighted by atomic mass is 10.1. The SMILES string of the molecule is ClOCCc1cc2cc[nH]c2cc1OCl. The molecular formula is C10H9Cl2NO2. The zero-order valence-electron chi connectivity index (χ0n) is 7.80. The standard InChI is InChI=1S/C10H9Cl2NO2/c11-14-4-2-8-5-7-1-3-13-9(7)6-10(8)15-12/h1,3,5-6,13H,2,4H2. The zero-order valence-corrected chi connectivity index (χ0v) is 9.31. The lowest BCUT2D eigenvalue weighted by molar-refractivity contribution is 0.355. The molecule has 80 valence electrons. The minimum Gasteiger partial charge on any atom is -0.385 e. The van der Waals surface area contributed by atoms with Crippen LogP contribution in [0.3, 0.4) is 0 Å². The highest BCUT2D eigenvalue weighted by Gasteiger charge is 2.07. The number of hydrogen-bond donors (Lipinski definition) is 1. The van der Waals surface area contributed by atoms with Gasteiger partial charge >= 0.3 is 0 Å². The minimum atomic E-state index is 0.421. The van der Waals surface area contributed by atoms with Crippen molar-refractivity contribution < 1.29 is 8.58 Å². The van der Waals surface area contributed by atoms with Crippen molar-refractivity contribution in [2.75, 3.05) is 6.61 Å². The summed E-state index contributed by atoms with van der Waals surface area (Å²) in [6.07, 6.45) is 2.52. The molecule has 2 aromatic rings. The maximum absolute atomic E-state index is 5.39. The van der Waals surface area contributed by atoms with Crippen LogP contribution < -0.4 is 4.29 Å². The molecule has 3 nitrogen and oxygen atoms in total. The lowest BCUT2D eigenvalue weighted by Crippen LogP contribution is -1.94. The van der Waals surface area contributed by atoms with Crippen LogP contribution in [0.25, 0.3) is 10.9 Å². The first-order valence-corrected chi connectivity index (χ1v) is 5.09. The Labute approximate surface area is 97.2 Å². The largest absolute Gasteiger partial charge is 0.385 e. The number of H-pyrrole nitrogens is 1. The number of fused-ring (bicyclic) bond motifs is 1. The molecule has 1 heterocycles. The molecule has 5 heteroatoms. The molecule has 0 unspecified atom stereocenters. The van der Waals surface area contributed by atoms with E-state index < -0.39 is 0 Å². The first-order chi connectivity index (χ1) is 7.35. The third-order valence-corrected chi connectivity index (χ3v) is 2.59. The van der Waals surface area contributed by atoms with Crippen LogP contribution in [0.1, 0.15) is 5.56 Å². The van der Waals surface area contributed by atoms with E-state index in [1.165, 1.54) is 0 Å². The third-order valence-electron chi connectivity index (χ3n) is 2.27. The van der Waals surface area contributed by atoms with Crippen LogP contribution in [0.5, 0.6) is 5.75 Å². The van der Waals surface area contributed by atoms with Crippen molar-refractivity contribution in [3.05, 3.63) is 30.0 Å². The van der Waals surface area contributed by atoms with Gasteiger partial charge in [0.05, 0.1) is 18.5 Å². The second-order valence-electron chi connectivity index (χ2n) is 3.17. The number of nitrogens with one attached hydrogen (secondary N) is 1. The summed E-state index contributed by atoms with van der Waals surface area (Å²) >= 11 is 10.6. The summed E-state index contributed by atoms with van der Waals surface area (Å²) in [6, 6.07) is 5.84. The number of rotatable bonds is 4. The second kappa shape index (κ2) is 4.75. The van der Waals surface area contributed by atoms with E-state index in [4.69, 9.17) is 28.0 Å². The summed E-state index contributed by atoms with van der Waals surface area (Å²) in [5.74, 6) is 0.625. The van der Waals surface area contributed by atoms with Gasteiger partial charge in [-0.1, -0.05) is 0 Å². The van der Waals surface area contributed by atoms with Crippen molar-refractivity contribution in [3.8, 4) is 5.75 Å². The van der Waals surface area contributed by atoms with Crippen LogP contribution in [0, 0.1) is 0 Å². The molecule has 0 amide bonds. The van der Waals surface area contributed by atoms with E-state index in [-0.39, 0.29) is 0 Å². The summed E-state index contributed by atoms with van der Waals surface area (Å²) in [4.78, 5) is 3.08. The van der Waals surface area contributed by atoms with Crippen molar-refractivity contribution in [2.24, 2.45) is 0 Å². The molecule has 0 spiro atoms. The molecule has 0 saturated carbocycles. The van der Waals surface area contributed by atoms with Crippen LogP contribution in [0.4, 0.5) is 0 Å². The number of benzene rings is 1. The summed E-state index contributed by atoms with van der Waals surface area (Å²) in [5, 5.41) is 1.11. The third kappa shape index (κ3) is 2.20. The molecule has 0 bridgehead atoms. The normalized spacial score (nSPS) is 10.8. The molecule has 0 saturated heterocycles. The van der Waals surface area contributed by atoms with E-state index in [2.05, 4.69) is 9.27 Å². The van der Waals surface area contributed by atoms with Crippen LogP contribution in [0.15, 0.2) is 24.4 Å². The fourth-order valence-electron chi connectivity index (χ4n) is 1.54. The highest BCUT2D eigenvalue weighted by atomic mass is 35.5. The second-order valence-corrected chi connectivity index (χ2v) is 3.54. The fourth-order valence-corrected chi connectivity index (χ4v) is 1.76. The van der Waals surface area contributed by atoms with Crippen molar-refractivity contribution >= 4 is 34.6 Å². The van der Waals surface area contributed by atoms with Gasteiger partial charge in [-0.2, -0.15) is 0 Å². The van der Waals surface area contributed by atoms with Gasteiger partial charge in [-0.15, -0.1) is 0 Å². The fraction of sp³-hybridized carbons (Fsp3) is 0.200. The Kier molecular flexibility index (Phi) is 3.36.